The van der Waals surface area contributed by atoms with E-state index in [0.29, 0.717) is 13.1 Å². The van der Waals surface area contributed by atoms with Gasteiger partial charge in [-0.1, -0.05) is 0 Å². The van der Waals surface area contributed by atoms with Gasteiger partial charge in [0.25, 0.3) is 0 Å². The number of nitrogens with one attached hydrogen (secondary N) is 1. The van der Waals surface area contributed by atoms with Crippen LogP contribution in [0.15, 0.2) is 20.9 Å². The quantitative estimate of drug-likeness (QED) is 0.658. The Morgan fingerprint density at radius 1 is 1.67 bits per heavy atom. The molecule has 0 spiro atoms. The van der Waals surface area contributed by atoms with E-state index in [9.17, 15) is 5.11 Å². The first-order chi connectivity index (χ1) is 8.69. The first-order valence-electron chi connectivity index (χ1n) is 6.14. The van der Waals surface area contributed by atoms with Gasteiger partial charge in [-0.15, -0.1) is 11.3 Å². The molecule has 0 bridgehead atoms. The molecule has 2 N–H and O–H groups in total. The van der Waals surface area contributed by atoms with Crippen molar-refractivity contribution in [3.05, 3.63) is 20.8 Å². The van der Waals surface area contributed by atoms with E-state index < -0.39 is 0 Å². The number of β-amino-alcohol motifs (C(OH)–C–C–N with tert-alkyl or cyclic N) is 1. The molecule has 2 heterocycles. The first kappa shape index (κ1) is 13.8. The van der Waals surface area contributed by atoms with Gasteiger partial charge in [0.15, 0.2) is 5.96 Å². The molecule has 1 atom stereocenters. The van der Waals surface area contributed by atoms with Crippen molar-refractivity contribution in [2.75, 3.05) is 19.6 Å². The Labute approximate surface area is 120 Å². The summed E-state index contributed by atoms with van der Waals surface area (Å²) in [4.78, 5) is 7.98. The van der Waals surface area contributed by atoms with Crippen LogP contribution in [0.25, 0.3) is 0 Å². The number of aliphatic hydroxyl groups is 1. The molecule has 1 aromatic heterocycles. The van der Waals surface area contributed by atoms with Gasteiger partial charge in [0.2, 0.25) is 0 Å². The number of guanidine groups is 1. The van der Waals surface area contributed by atoms with Crippen LogP contribution in [0.2, 0.25) is 0 Å². The lowest BCUT2D eigenvalue weighted by atomic mass is 10.3. The van der Waals surface area contributed by atoms with Crippen LogP contribution < -0.4 is 5.32 Å². The van der Waals surface area contributed by atoms with E-state index in [2.05, 4.69) is 44.1 Å². The Morgan fingerprint density at radius 3 is 3.06 bits per heavy atom. The smallest absolute Gasteiger partial charge is 0.194 e. The van der Waals surface area contributed by atoms with Gasteiger partial charge in [0.1, 0.15) is 0 Å². The normalized spacial score (nSPS) is 20.5. The van der Waals surface area contributed by atoms with Gasteiger partial charge in [0.05, 0.1) is 16.4 Å². The largest absolute Gasteiger partial charge is 0.391 e. The predicted octanol–water partition coefficient (Wildman–Crippen LogP) is 2.04. The third kappa shape index (κ3) is 3.70. The van der Waals surface area contributed by atoms with Crippen LogP contribution in [0.3, 0.4) is 0 Å². The molecule has 18 heavy (non-hydrogen) atoms. The van der Waals surface area contributed by atoms with Crippen LogP contribution in [0.1, 0.15) is 18.2 Å². The molecular formula is C12H18BrN3OS. The fraction of sp³-hybridized carbons (Fsp3) is 0.583. The van der Waals surface area contributed by atoms with Crippen LogP contribution in [-0.4, -0.2) is 41.7 Å². The average Bonchev–Trinajstić information content (AvgIpc) is 2.94. The molecule has 6 heteroatoms. The van der Waals surface area contributed by atoms with E-state index >= 15 is 0 Å². The maximum atomic E-state index is 9.58. The molecule has 1 aliphatic rings. The van der Waals surface area contributed by atoms with Crippen molar-refractivity contribution in [1.29, 1.82) is 0 Å². The van der Waals surface area contributed by atoms with Crippen LogP contribution in [-0.2, 0) is 6.54 Å². The zero-order valence-corrected chi connectivity index (χ0v) is 12.8. The Morgan fingerprint density at radius 2 is 2.50 bits per heavy atom. The van der Waals surface area contributed by atoms with E-state index in [-0.39, 0.29) is 6.10 Å². The number of thiophene rings is 1. The van der Waals surface area contributed by atoms with E-state index in [0.717, 1.165) is 29.3 Å². The standard InChI is InChI=1S/C12H18BrN3OS/c1-2-14-12(16-6-5-9(17)8-16)15-7-10-3-4-11(13)18-10/h3-4,9,17H,2,5-8H2,1H3,(H,14,15)/t9-/m1/s1. The van der Waals surface area contributed by atoms with E-state index in [1.165, 1.54) is 4.88 Å². The van der Waals surface area contributed by atoms with Gasteiger partial charge >= 0.3 is 0 Å². The SMILES string of the molecule is CCNC(=NCc1ccc(Br)s1)N1CC[C@@H](O)C1. The summed E-state index contributed by atoms with van der Waals surface area (Å²) in [6.45, 7) is 5.15. The highest BCUT2D eigenvalue weighted by Gasteiger charge is 2.22. The zero-order chi connectivity index (χ0) is 13.0. The van der Waals surface area contributed by atoms with Gasteiger partial charge < -0.3 is 15.3 Å². The lowest BCUT2D eigenvalue weighted by Gasteiger charge is -2.20. The van der Waals surface area contributed by atoms with Gasteiger partial charge in [0, 0.05) is 24.5 Å². The van der Waals surface area contributed by atoms with Crippen LogP contribution >= 0.6 is 27.3 Å². The summed E-state index contributed by atoms with van der Waals surface area (Å²) >= 11 is 5.16. The molecule has 0 radical (unpaired) electrons. The monoisotopic (exact) mass is 331 g/mol. The molecule has 100 valence electrons. The second-order valence-corrected chi connectivity index (χ2v) is 6.81. The Hall–Kier alpha value is -0.590. The number of hydrogen-bond donors (Lipinski definition) is 2. The second-order valence-electron chi connectivity index (χ2n) is 4.26. The molecule has 2 rings (SSSR count). The second kappa shape index (κ2) is 6.54. The zero-order valence-electron chi connectivity index (χ0n) is 10.4. The number of hydrogen-bond acceptors (Lipinski definition) is 3. The molecular weight excluding hydrogens is 314 g/mol. The minimum atomic E-state index is -0.218. The summed E-state index contributed by atoms with van der Waals surface area (Å²) in [5, 5.41) is 12.9. The highest BCUT2D eigenvalue weighted by atomic mass is 79.9. The molecule has 0 aliphatic carbocycles. The number of likely N-dealkylation sites (tertiary alicyclic amines) is 1. The fourth-order valence-corrected chi connectivity index (χ4v) is 3.36. The molecule has 1 aliphatic heterocycles. The Bertz CT molecular complexity index is 421. The number of aliphatic imine (C=N–C) groups is 1. The minimum Gasteiger partial charge on any atom is -0.391 e. The van der Waals surface area contributed by atoms with Crippen molar-refractivity contribution in [2.45, 2.75) is 26.0 Å². The molecule has 0 saturated carbocycles. The summed E-state index contributed by atoms with van der Waals surface area (Å²) in [6.07, 6.45) is 0.611. The number of nitrogens with zero attached hydrogens (tertiary/aromatic N) is 2. The van der Waals surface area contributed by atoms with Crippen molar-refractivity contribution in [3.8, 4) is 0 Å². The number of rotatable bonds is 3. The molecule has 0 amide bonds. The fourth-order valence-electron chi connectivity index (χ4n) is 1.95. The molecule has 0 aromatic carbocycles. The van der Waals surface area contributed by atoms with Crippen molar-refractivity contribution in [2.24, 2.45) is 4.99 Å². The maximum Gasteiger partial charge on any atom is 0.194 e. The lowest BCUT2D eigenvalue weighted by molar-refractivity contribution is 0.188. The molecule has 4 nitrogen and oxygen atoms in total. The summed E-state index contributed by atoms with van der Waals surface area (Å²) in [5.74, 6) is 0.901. The van der Waals surface area contributed by atoms with Crippen molar-refractivity contribution in [3.63, 3.8) is 0 Å². The van der Waals surface area contributed by atoms with Gasteiger partial charge in [-0.3, -0.25) is 0 Å². The van der Waals surface area contributed by atoms with E-state index in [1.807, 2.05) is 6.07 Å². The highest BCUT2D eigenvalue weighted by molar-refractivity contribution is 9.11. The van der Waals surface area contributed by atoms with Crippen LogP contribution in [0, 0.1) is 0 Å². The Balaban J connectivity index is 2.00. The number of aliphatic hydroxyl groups excluding tert-OH is 1. The number of halogens is 1. The average molecular weight is 332 g/mol. The van der Waals surface area contributed by atoms with Crippen molar-refractivity contribution < 1.29 is 5.11 Å². The molecule has 1 aromatic rings. The molecule has 0 unspecified atom stereocenters. The molecule has 1 saturated heterocycles. The molecule has 1 fully saturated rings. The first-order valence-corrected chi connectivity index (χ1v) is 7.75. The van der Waals surface area contributed by atoms with Gasteiger partial charge in [-0.2, -0.15) is 0 Å². The lowest BCUT2D eigenvalue weighted by Crippen LogP contribution is -2.40. The summed E-state index contributed by atoms with van der Waals surface area (Å²) in [7, 11) is 0. The Kier molecular flexibility index (Phi) is 5.03. The van der Waals surface area contributed by atoms with E-state index in [4.69, 9.17) is 0 Å². The van der Waals surface area contributed by atoms with Crippen molar-refractivity contribution in [1.82, 2.24) is 10.2 Å². The maximum absolute atomic E-state index is 9.58. The van der Waals surface area contributed by atoms with E-state index in [1.54, 1.807) is 11.3 Å². The van der Waals surface area contributed by atoms with Crippen molar-refractivity contribution >= 4 is 33.2 Å². The predicted molar refractivity (Wildman–Crippen MR) is 79.0 cm³/mol. The summed E-state index contributed by atoms with van der Waals surface area (Å²) in [6, 6.07) is 4.13. The van der Waals surface area contributed by atoms with Gasteiger partial charge in [-0.05, 0) is 41.4 Å². The highest BCUT2D eigenvalue weighted by Crippen LogP contribution is 2.22. The minimum absolute atomic E-state index is 0.218. The van der Waals surface area contributed by atoms with Crippen LogP contribution in [0.5, 0.6) is 0 Å². The topological polar surface area (TPSA) is 47.9 Å². The summed E-state index contributed by atoms with van der Waals surface area (Å²) < 4.78 is 1.13. The third-order valence-corrected chi connectivity index (χ3v) is 4.42. The van der Waals surface area contributed by atoms with Crippen LogP contribution in [0.4, 0.5) is 0 Å². The third-order valence-electron chi connectivity index (χ3n) is 2.81. The summed E-state index contributed by atoms with van der Waals surface area (Å²) in [5.41, 5.74) is 0. The van der Waals surface area contributed by atoms with Gasteiger partial charge in [-0.25, -0.2) is 4.99 Å².